The highest BCUT2D eigenvalue weighted by Crippen LogP contribution is 2.33. The van der Waals surface area contributed by atoms with Crippen molar-refractivity contribution in [1.29, 1.82) is 0 Å². The van der Waals surface area contributed by atoms with Crippen molar-refractivity contribution in [2.45, 2.75) is 0 Å². The Hall–Kier alpha value is -3.56. The topological polar surface area (TPSA) is 146 Å². The van der Waals surface area contributed by atoms with Crippen LogP contribution in [-0.2, 0) is 0 Å². The van der Waals surface area contributed by atoms with E-state index in [0.717, 1.165) is 24.5 Å². The minimum absolute atomic E-state index is 0.0138. The van der Waals surface area contributed by atoms with Crippen molar-refractivity contribution in [2.24, 2.45) is 0 Å². The van der Waals surface area contributed by atoms with Gasteiger partial charge in [0.25, 0.3) is 11.4 Å². The van der Waals surface area contributed by atoms with Crippen LogP contribution in [0.1, 0.15) is 20.7 Å². The molecular formula is C12H4N4O6. The molecule has 1 aliphatic carbocycles. The van der Waals surface area contributed by atoms with Crippen LogP contribution in [0.5, 0.6) is 0 Å². The molecule has 0 aliphatic heterocycles. The van der Waals surface area contributed by atoms with E-state index in [2.05, 4.69) is 9.97 Å². The average Bonchev–Trinajstić information content (AvgIpc) is 2.51. The van der Waals surface area contributed by atoms with Gasteiger partial charge in [0.15, 0.2) is 0 Å². The molecule has 2 heterocycles. The molecule has 10 nitrogen and oxygen atoms in total. The summed E-state index contributed by atoms with van der Waals surface area (Å²) in [5.74, 6) is -2.03. The van der Waals surface area contributed by atoms with Gasteiger partial charge in [0, 0.05) is 12.1 Å². The van der Waals surface area contributed by atoms with Crippen molar-refractivity contribution in [3.8, 4) is 11.4 Å². The first kappa shape index (κ1) is 13.4. The Bertz CT molecular complexity index is 818. The van der Waals surface area contributed by atoms with Gasteiger partial charge >= 0.3 is 0 Å². The van der Waals surface area contributed by atoms with Crippen LogP contribution in [0.25, 0.3) is 11.4 Å². The van der Waals surface area contributed by atoms with E-state index in [4.69, 9.17) is 0 Å². The standard InChI is InChI=1S/C12H4N4O6/c17-11-7-1-5(15(19)20)3-13-9(7)10-8(12(11)18)2-6(4-14-10)16(21)22/h1-4H. The highest BCUT2D eigenvalue weighted by Gasteiger charge is 2.35. The Morgan fingerprint density at radius 1 is 0.773 bits per heavy atom. The number of Topliss-reactive ketones (excluding diaryl/α,β-unsaturated/α-hetero) is 2. The van der Waals surface area contributed by atoms with Gasteiger partial charge in [-0.1, -0.05) is 0 Å². The number of carbonyl (C=O) groups excluding carboxylic acids is 2. The van der Waals surface area contributed by atoms with E-state index in [-0.39, 0.29) is 22.5 Å². The lowest BCUT2D eigenvalue weighted by atomic mass is 9.90. The second kappa shape index (κ2) is 4.48. The lowest BCUT2D eigenvalue weighted by Crippen LogP contribution is -2.23. The molecule has 2 aromatic heterocycles. The highest BCUT2D eigenvalue weighted by molar-refractivity contribution is 6.52. The van der Waals surface area contributed by atoms with Crippen LogP contribution in [0.15, 0.2) is 24.5 Å². The Morgan fingerprint density at radius 3 is 1.45 bits per heavy atom. The van der Waals surface area contributed by atoms with Gasteiger partial charge in [-0.25, -0.2) is 9.97 Å². The van der Waals surface area contributed by atoms with Crippen LogP contribution in [0.2, 0.25) is 0 Å². The molecule has 10 heteroatoms. The van der Waals surface area contributed by atoms with Gasteiger partial charge in [-0.05, 0) is 0 Å². The first-order chi connectivity index (χ1) is 10.4. The third-order valence-corrected chi connectivity index (χ3v) is 3.09. The smallest absolute Gasteiger partial charge is 0.285 e. The molecule has 108 valence electrons. The number of aromatic nitrogens is 2. The molecule has 1 aliphatic rings. The van der Waals surface area contributed by atoms with E-state index in [1.54, 1.807) is 0 Å². The van der Waals surface area contributed by atoms with Crippen molar-refractivity contribution < 1.29 is 19.4 Å². The monoisotopic (exact) mass is 300 g/mol. The normalized spacial score (nSPS) is 12.5. The summed E-state index contributed by atoms with van der Waals surface area (Å²) >= 11 is 0. The summed E-state index contributed by atoms with van der Waals surface area (Å²) in [6.07, 6.45) is 1.85. The van der Waals surface area contributed by atoms with Crippen LogP contribution < -0.4 is 0 Å². The number of nitrogens with zero attached hydrogens (tertiary/aromatic N) is 4. The molecule has 2 aromatic rings. The first-order valence-corrected chi connectivity index (χ1v) is 5.78. The van der Waals surface area contributed by atoms with Gasteiger partial charge in [0.05, 0.1) is 21.0 Å². The Morgan fingerprint density at radius 2 is 1.14 bits per heavy atom. The van der Waals surface area contributed by atoms with Gasteiger partial charge in [-0.2, -0.15) is 0 Å². The van der Waals surface area contributed by atoms with Crippen molar-refractivity contribution in [2.75, 3.05) is 0 Å². The zero-order chi connectivity index (χ0) is 16.0. The van der Waals surface area contributed by atoms with Crippen molar-refractivity contribution in [3.05, 3.63) is 55.9 Å². The number of fused-ring (bicyclic) bond motifs is 3. The summed E-state index contributed by atoms with van der Waals surface area (Å²) < 4.78 is 0. The molecule has 0 saturated carbocycles. The Balaban J connectivity index is 2.28. The van der Waals surface area contributed by atoms with E-state index in [9.17, 15) is 29.8 Å². The maximum absolute atomic E-state index is 12.0. The molecule has 22 heavy (non-hydrogen) atoms. The summed E-state index contributed by atoms with van der Waals surface area (Å²) in [4.78, 5) is 51.6. The van der Waals surface area contributed by atoms with Crippen LogP contribution in [0.3, 0.4) is 0 Å². The predicted molar refractivity (Wildman–Crippen MR) is 69.4 cm³/mol. The van der Waals surface area contributed by atoms with Crippen LogP contribution in [0.4, 0.5) is 11.4 Å². The number of nitro groups is 2. The van der Waals surface area contributed by atoms with Gasteiger partial charge in [0.1, 0.15) is 23.8 Å². The summed E-state index contributed by atoms with van der Waals surface area (Å²) in [6.45, 7) is 0. The molecule has 0 unspecified atom stereocenters. The molecule has 0 radical (unpaired) electrons. The molecule has 0 amide bonds. The number of carbonyl (C=O) groups is 2. The molecule has 0 atom stereocenters. The van der Waals surface area contributed by atoms with Crippen LogP contribution in [-0.4, -0.2) is 31.4 Å². The van der Waals surface area contributed by atoms with Crippen LogP contribution >= 0.6 is 0 Å². The molecule has 0 spiro atoms. The number of hydrogen-bond acceptors (Lipinski definition) is 8. The number of rotatable bonds is 2. The van der Waals surface area contributed by atoms with E-state index in [1.807, 2.05) is 0 Å². The van der Waals surface area contributed by atoms with Gasteiger partial charge < -0.3 is 0 Å². The summed E-state index contributed by atoms with van der Waals surface area (Å²) in [5.41, 5.74) is -1.39. The highest BCUT2D eigenvalue weighted by atomic mass is 16.6. The third kappa shape index (κ3) is 1.82. The maximum Gasteiger partial charge on any atom is 0.288 e. The largest absolute Gasteiger partial charge is 0.288 e. The lowest BCUT2D eigenvalue weighted by molar-refractivity contribution is -0.385. The fourth-order valence-corrected chi connectivity index (χ4v) is 2.08. The van der Waals surface area contributed by atoms with Crippen LogP contribution in [0, 0.1) is 20.2 Å². The van der Waals surface area contributed by atoms with E-state index in [0.29, 0.717) is 0 Å². The second-order valence-corrected chi connectivity index (χ2v) is 4.35. The maximum atomic E-state index is 12.0. The number of hydrogen-bond donors (Lipinski definition) is 0. The van der Waals surface area contributed by atoms with Gasteiger partial charge in [0.2, 0.25) is 11.6 Å². The fourth-order valence-electron chi connectivity index (χ4n) is 2.08. The molecule has 0 bridgehead atoms. The molecule has 0 saturated heterocycles. The van der Waals surface area contributed by atoms with Crippen molar-refractivity contribution in [1.82, 2.24) is 9.97 Å². The Labute approximate surface area is 120 Å². The molecule has 3 rings (SSSR count). The third-order valence-electron chi connectivity index (χ3n) is 3.09. The summed E-state index contributed by atoms with van der Waals surface area (Å²) in [6, 6.07) is 1.88. The number of ketones is 2. The first-order valence-electron chi connectivity index (χ1n) is 5.78. The minimum atomic E-state index is -1.01. The summed E-state index contributed by atoms with van der Waals surface area (Å²) in [7, 11) is 0. The zero-order valence-electron chi connectivity index (χ0n) is 10.5. The van der Waals surface area contributed by atoms with Gasteiger partial charge in [-0.3, -0.25) is 29.8 Å². The predicted octanol–water partition coefficient (Wildman–Crippen LogP) is 1.34. The van der Waals surface area contributed by atoms with E-state index < -0.39 is 32.8 Å². The number of pyridine rings is 2. The van der Waals surface area contributed by atoms with E-state index >= 15 is 0 Å². The molecular weight excluding hydrogens is 296 g/mol. The zero-order valence-corrected chi connectivity index (χ0v) is 10.5. The SMILES string of the molecule is O=C1C(=O)c2cc([N+](=O)[O-])cnc2-c2ncc([N+](=O)[O-])cc21. The molecule has 0 fully saturated rings. The fraction of sp³-hybridized carbons (Fsp3) is 0. The van der Waals surface area contributed by atoms with Crippen molar-refractivity contribution in [3.63, 3.8) is 0 Å². The van der Waals surface area contributed by atoms with E-state index in [1.165, 1.54) is 0 Å². The molecule has 0 aromatic carbocycles. The average molecular weight is 300 g/mol. The summed E-state index contributed by atoms with van der Waals surface area (Å²) in [5, 5.41) is 21.4. The van der Waals surface area contributed by atoms with Gasteiger partial charge in [-0.15, -0.1) is 0 Å². The van der Waals surface area contributed by atoms with Crippen molar-refractivity contribution >= 4 is 22.9 Å². The minimum Gasteiger partial charge on any atom is -0.285 e. The quantitative estimate of drug-likeness (QED) is 0.458. The molecule has 0 N–H and O–H groups in total. The Kier molecular flexibility index (Phi) is 2.73. The second-order valence-electron chi connectivity index (χ2n) is 4.35. The lowest BCUT2D eigenvalue weighted by Gasteiger charge is -2.14.